The fourth-order valence-corrected chi connectivity index (χ4v) is 4.72. The minimum Gasteiger partial charge on any atom is -0.493 e. The van der Waals surface area contributed by atoms with Crippen molar-refractivity contribution in [1.82, 2.24) is 24.4 Å². The molecule has 5 rings (SSSR count). The second kappa shape index (κ2) is 12.6. The van der Waals surface area contributed by atoms with Crippen molar-refractivity contribution >= 4 is 39.7 Å². The number of carbonyl (C=O) groups is 1. The van der Waals surface area contributed by atoms with Crippen molar-refractivity contribution in [2.24, 2.45) is 7.05 Å². The molecule has 0 fully saturated rings. The molecule has 0 radical (unpaired) electrons. The SMILES string of the molecule is C=C(C=O)CN(CC)CCCOc1cccc2ncnc(Nc3ccc(Oc4ccc5c(c4)ncn5C)c(C)c3)c12. The Balaban J connectivity index is 1.28. The summed E-state index contributed by atoms with van der Waals surface area (Å²) in [7, 11) is 1.97. The number of ether oxygens (including phenoxy) is 2. The predicted octanol–water partition coefficient (Wildman–Crippen LogP) is 6.21. The molecule has 41 heavy (non-hydrogen) atoms. The molecule has 5 aromatic rings. The van der Waals surface area contributed by atoms with Crippen LogP contribution >= 0.6 is 0 Å². The topological polar surface area (TPSA) is 94.4 Å². The summed E-state index contributed by atoms with van der Waals surface area (Å²) in [6.07, 6.45) is 4.96. The Hall–Kier alpha value is -4.76. The number of hydrogen-bond donors (Lipinski definition) is 1. The molecule has 0 spiro atoms. The molecule has 0 saturated carbocycles. The van der Waals surface area contributed by atoms with E-state index < -0.39 is 0 Å². The number of nitrogens with one attached hydrogen (secondary N) is 1. The van der Waals surface area contributed by atoms with Crippen LogP contribution in [0.4, 0.5) is 11.5 Å². The van der Waals surface area contributed by atoms with Gasteiger partial charge in [0.15, 0.2) is 0 Å². The smallest absolute Gasteiger partial charge is 0.146 e. The summed E-state index contributed by atoms with van der Waals surface area (Å²) in [5, 5.41) is 4.26. The van der Waals surface area contributed by atoms with Gasteiger partial charge < -0.3 is 19.4 Å². The first-order valence-corrected chi connectivity index (χ1v) is 13.6. The summed E-state index contributed by atoms with van der Waals surface area (Å²) < 4.78 is 14.4. The lowest BCUT2D eigenvalue weighted by Gasteiger charge is -2.20. The molecule has 0 saturated heterocycles. The van der Waals surface area contributed by atoms with Crippen molar-refractivity contribution in [1.29, 1.82) is 0 Å². The lowest BCUT2D eigenvalue weighted by Crippen LogP contribution is -2.28. The lowest BCUT2D eigenvalue weighted by atomic mass is 10.1. The van der Waals surface area contributed by atoms with E-state index in [9.17, 15) is 4.79 Å². The van der Waals surface area contributed by atoms with Gasteiger partial charge in [-0.2, -0.15) is 0 Å². The number of aldehydes is 1. The minimum absolute atomic E-state index is 0.521. The third-order valence-electron chi connectivity index (χ3n) is 6.90. The first-order chi connectivity index (χ1) is 19.9. The van der Waals surface area contributed by atoms with E-state index in [0.29, 0.717) is 30.3 Å². The lowest BCUT2D eigenvalue weighted by molar-refractivity contribution is -0.105. The van der Waals surface area contributed by atoms with Crippen LogP contribution in [0.1, 0.15) is 18.9 Å². The average Bonchev–Trinajstić information content (AvgIpc) is 3.35. The number of benzene rings is 3. The summed E-state index contributed by atoms with van der Waals surface area (Å²) in [5.41, 5.74) is 5.16. The molecular formula is C32H34N6O3. The molecule has 2 heterocycles. The Morgan fingerprint density at radius 1 is 1.07 bits per heavy atom. The number of nitrogens with zero attached hydrogens (tertiary/aromatic N) is 5. The second-order valence-electron chi connectivity index (χ2n) is 9.93. The van der Waals surface area contributed by atoms with E-state index in [1.807, 2.05) is 73.1 Å². The molecule has 210 valence electrons. The van der Waals surface area contributed by atoms with Crippen LogP contribution in [0.2, 0.25) is 0 Å². The van der Waals surface area contributed by atoms with E-state index in [1.54, 1.807) is 12.7 Å². The summed E-state index contributed by atoms with van der Waals surface area (Å²) in [6.45, 7) is 10.6. The number of imidazole rings is 1. The fraction of sp³-hybridized carbons (Fsp3) is 0.250. The van der Waals surface area contributed by atoms with E-state index in [0.717, 1.165) is 70.5 Å². The van der Waals surface area contributed by atoms with Gasteiger partial charge in [-0.05, 0) is 73.5 Å². The Bertz CT molecular complexity index is 1690. The van der Waals surface area contributed by atoms with Crippen molar-refractivity contribution in [3.63, 3.8) is 0 Å². The Kier molecular flexibility index (Phi) is 8.55. The van der Waals surface area contributed by atoms with Gasteiger partial charge in [0.1, 0.15) is 35.7 Å². The zero-order valence-electron chi connectivity index (χ0n) is 23.6. The maximum absolute atomic E-state index is 10.9. The van der Waals surface area contributed by atoms with Crippen molar-refractivity contribution in [3.8, 4) is 17.2 Å². The molecule has 0 atom stereocenters. The maximum Gasteiger partial charge on any atom is 0.146 e. The number of aromatic nitrogens is 4. The fourth-order valence-electron chi connectivity index (χ4n) is 4.72. The molecule has 2 aromatic heterocycles. The highest BCUT2D eigenvalue weighted by atomic mass is 16.5. The van der Waals surface area contributed by atoms with Crippen molar-refractivity contribution in [3.05, 3.63) is 85.0 Å². The molecular weight excluding hydrogens is 516 g/mol. The zero-order chi connectivity index (χ0) is 28.8. The highest BCUT2D eigenvalue weighted by Gasteiger charge is 2.13. The van der Waals surface area contributed by atoms with E-state index in [2.05, 4.69) is 38.7 Å². The molecule has 0 aliphatic carbocycles. The van der Waals surface area contributed by atoms with Gasteiger partial charge >= 0.3 is 0 Å². The molecule has 0 amide bonds. The third-order valence-corrected chi connectivity index (χ3v) is 6.90. The van der Waals surface area contributed by atoms with E-state index in [1.165, 1.54) is 0 Å². The molecule has 0 aliphatic rings. The summed E-state index contributed by atoms with van der Waals surface area (Å²) in [6, 6.07) is 17.6. The predicted molar refractivity (Wildman–Crippen MR) is 162 cm³/mol. The molecule has 0 bridgehead atoms. The van der Waals surface area contributed by atoms with Crippen LogP contribution in [0, 0.1) is 6.92 Å². The third kappa shape index (κ3) is 6.53. The number of likely N-dealkylation sites (N-methyl/N-ethyl adjacent to an activating group) is 1. The van der Waals surface area contributed by atoms with Crippen LogP contribution in [-0.4, -0.2) is 56.9 Å². The van der Waals surface area contributed by atoms with Crippen molar-refractivity contribution in [2.75, 3.05) is 31.6 Å². The van der Waals surface area contributed by atoms with Gasteiger partial charge in [-0.3, -0.25) is 9.69 Å². The van der Waals surface area contributed by atoms with Crippen LogP contribution in [0.15, 0.2) is 79.4 Å². The van der Waals surface area contributed by atoms with Crippen LogP contribution in [0.3, 0.4) is 0 Å². The van der Waals surface area contributed by atoms with E-state index in [4.69, 9.17) is 9.47 Å². The minimum atomic E-state index is 0.521. The average molecular weight is 551 g/mol. The van der Waals surface area contributed by atoms with Crippen LogP contribution in [0.25, 0.3) is 21.9 Å². The van der Waals surface area contributed by atoms with Gasteiger partial charge in [0.25, 0.3) is 0 Å². The summed E-state index contributed by atoms with van der Waals surface area (Å²) in [4.78, 5) is 26.5. The van der Waals surface area contributed by atoms with Crippen molar-refractivity contribution in [2.45, 2.75) is 20.3 Å². The first kappa shape index (κ1) is 27.8. The van der Waals surface area contributed by atoms with Gasteiger partial charge in [0.2, 0.25) is 0 Å². The molecule has 9 heteroatoms. The quantitative estimate of drug-likeness (QED) is 0.105. The number of aryl methyl sites for hydroxylation is 2. The van der Waals surface area contributed by atoms with Gasteiger partial charge in [0, 0.05) is 31.9 Å². The number of rotatable bonds is 13. The van der Waals surface area contributed by atoms with Crippen molar-refractivity contribution < 1.29 is 14.3 Å². The Labute approximate surface area is 239 Å². The van der Waals surface area contributed by atoms with E-state index in [-0.39, 0.29) is 0 Å². The van der Waals surface area contributed by atoms with Gasteiger partial charge in [-0.1, -0.05) is 19.6 Å². The molecule has 9 nitrogen and oxygen atoms in total. The van der Waals surface area contributed by atoms with Crippen LogP contribution < -0.4 is 14.8 Å². The van der Waals surface area contributed by atoms with Gasteiger partial charge in [-0.15, -0.1) is 0 Å². The first-order valence-electron chi connectivity index (χ1n) is 13.6. The number of carbonyl (C=O) groups excluding carboxylic acids is 1. The second-order valence-corrected chi connectivity index (χ2v) is 9.93. The standard InChI is InChI=1S/C32H34N6O3/c1-5-38(18-22(2)19-39)14-7-15-40-30-9-6-8-26-31(30)32(34-20-33-26)36-24-10-13-29(23(3)16-24)41-25-11-12-28-27(17-25)35-21-37(28)4/h6,8-13,16-17,19-21H,2,5,7,14-15,18H2,1,3-4H3,(H,33,34,36). The van der Waals surface area contributed by atoms with Gasteiger partial charge in [-0.25, -0.2) is 15.0 Å². The highest BCUT2D eigenvalue weighted by Crippen LogP contribution is 2.34. The number of hydrogen-bond acceptors (Lipinski definition) is 8. The molecule has 3 aromatic carbocycles. The van der Waals surface area contributed by atoms with Crippen LogP contribution in [0.5, 0.6) is 17.2 Å². The Morgan fingerprint density at radius 2 is 1.95 bits per heavy atom. The normalized spacial score (nSPS) is 11.2. The molecule has 1 N–H and O–H groups in total. The van der Waals surface area contributed by atoms with Gasteiger partial charge in [0.05, 0.1) is 34.9 Å². The number of fused-ring (bicyclic) bond motifs is 2. The molecule has 0 aliphatic heterocycles. The zero-order valence-corrected chi connectivity index (χ0v) is 23.6. The Morgan fingerprint density at radius 3 is 2.76 bits per heavy atom. The summed E-state index contributed by atoms with van der Waals surface area (Å²) in [5.74, 6) is 2.88. The number of anilines is 2. The monoisotopic (exact) mass is 550 g/mol. The molecule has 0 unspecified atom stereocenters. The maximum atomic E-state index is 10.9. The summed E-state index contributed by atoms with van der Waals surface area (Å²) >= 11 is 0. The highest BCUT2D eigenvalue weighted by molar-refractivity contribution is 5.95. The largest absolute Gasteiger partial charge is 0.493 e. The van der Waals surface area contributed by atoms with Crippen LogP contribution in [-0.2, 0) is 11.8 Å². The van der Waals surface area contributed by atoms with E-state index >= 15 is 0 Å².